The van der Waals surface area contributed by atoms with Crippen LogP contribution in [0.4, 0.5) is 0 Å². The van der Waals surface area contributed by atoms with Crippen LogP contribution < -0.4 is 5.73 Å². The van der Waals surface area contributed by atoms with E-state index < -0.39 is 0 Å². The predicted octanol–water partition coefficient (Wildman–Crippen LogP) is 0.387. The van der Waals surface area contributed by atoms with Gasteiger partial charge in [-0.05, 0) is 0 Å². The topological polar surface area (TPSA) is 29.3 Å². The van der Waals surface area contributed by atoms with Crippen LogP contribution in [0.2, 0.25) is 0 Å². The molecule has 0 amide bonds. The summed E-state index contributed by atoms with van der Waals surface area (Å²) in [6.45, 7) is 4.01. The van der Waals surface area contributed by atoms with Crippen LogP contribution in [-0.4, -0.2) is 42.6 Å². The Morgan fingerprint density at radius 3 is 2.67 bits per heavy atom. The maximum Gasteiger partial charge on any atom is 0.0602 e. The summed E-state index contributed by atoms with van der Waals surface area (Å²) in [4.78, 5) is 2.40. The second kappa shape index (κ2) is 6.36. The number of hydrogen-bond donors (Lipinski definition) is 1. The average Bonchev–Trinajstić information content (AvgIpc) is 2.14. The van der Waals surface area contributed by atoms with E-state index in [0.717, 1.165) is 13.0 Å². The quantitative estimate of drug-likeness (QED) is 0.629. The molecule has 1 fully saturated rings. The molecular formula is C9H16N2S. The Morgan fingerprint density at radius 2 is 2.00 bits per heavy atom. The van der Waals surface area contributed by atoms with Gasteiger partial charge in [0.1, 0.15) is 0 Å². The van der Waals surface area contributed by atoms with Gasteiger partial charge in [-0.2, -0.15) is 11.8 Å². The summed E-state index contributed by atoms with van der Waals surface area (Å²) in [7, 11) is 0. The zero-order valence-electron chi connectivity index (χ0n) is 7.38. The van der Waals surface area contributed by atoms with Gasteiger partial charge in [-0.25, -0.2) is 0 Å². The third-order valence-corrected chi connectivity index (χ3v) is 2.74. The van der Waals surface area contributed by atoms with Gasteiger partial charge in [-0.1, -0.05) is 5.92 Å². The Hall–Kier alpha value is -0.170. The van der Waals surface area contributed by atoms with Gasteiger partial charge in [0, 0.05) is 37.6 Å². The monoisotopic (exact) mass is 184 g/mol. The molecule has 0 saturated carbocycles. The van der Waals surface area contributed by atoms with Crippen LogP contribution in [0, 0.1) is 11.8 Å². The van der Waals surface area contributed by atoms with Crippen LogP contribution in [0.25, 0.3) is 0 Å². The Labute approximate surface area is 78.9 Å². The molecule has 0 spiro atoms. The van der Waals surface area contributed by atoms with E-state index in [1.165, 1.54) is 24.6 Å². The predicted molar refractivity (Wildman–Crippen MR) is 55.2 cm³/mol. The second-order valence-electron chi connectivity index (χ2n) is 2.78. The summed E-state index contributed by atoms with van der Waals surface area (Å²) in [6.07, 6.45) is 0.836. The van der Waals surface area contributed by atoms with E-state index in [1.54, 1.807) is 0 Å². The van der Waals surface area contributed by atoms with Gasteiger partial charge in [0.05, 0.1) is 6.54 Å². The van der Waals surface area contributed by atoms with E-state index >= 15 is 0 Å². The van der Waals surface area contributed by atoms with Crippen molar-refractivity contribution < 1.29 is 0 Å². The molecule has 0 aromatic rings. The highest BCUT2D eigenvalue weighted by atomic mass is 32.2. The van der Waals surface area contributed by atoms with E-state index in [0.29, 0.717) is 6.54 Å². The minimum Gasteiger partial charge on any atom is -0.330 e. The van der Waals surface area contributed by atoms with E-state index in [-0.39, 0.29) is 0 Å². The summed E-state index contributed by atoms with van der Waals surface area (Å²) in [6, 6.07) is 0. The van der Waals surface area contributed by atoms with Crippen molar-refractivity contribution >= 4 is 11.8 Å². The highest BCUT2D eigenvalue weighted by Gasteiger charge is 2.07. The Morgan fingerprint density at radius 1 is 1.25 bits per heavy atom. The lowest BCUT2D eigenvalue weighted by atomic mass is 10.4. The fourth-order valence-corrected chi connectivity index (χ4v) is 2.07. The van der Waals surface area contributed by atoms with Gasteiger partial charge in [-0.15, -0.1) is 5.92 Å². The maximum atomic E-state index is 5.33. The first-order valence-corrected chi connectivity index (χ1v) is 5.55. The van der Waals surface area contributed by atoms with Crippen molar-refractivity contribution in [2.45, 2.75) is 6.42 Å². The van der Waals surface area contributed by atoms with Gasteiger partial charge in [0.15, 0.2) is 0 Å². The fraction of sp³-hybridized carbons (Fsp3) is 0.778. The molecule has 0 aromatic heterocycles. The van der Waals surface area contributed by atoms with Crippen molar-refractivity contribution in [3.8, 4) is 11.8 Å². The van der Waals surface area contributed by atoms with Crippen LogP contribution in [0.1, 0.15) is 6.42 Å². The molecule has 3 heteroatoms. The molecule has 1 aliphatic heterocycles. The molecular weight excluding hydrogens is 168 g/mol. The molecule has 1 rings (SSSR count). The van der Waals surface area contributed by atoms with Crippen molar-refractivity contribution in [1.82, 2.24) is 4.90 Å². The minimum absolute atomic E-state index is 0.683. The highest BCUT2D eigenvalue weighted by molar-refractivity contribution is 7.99. The molecule has 0 bridgehead atoms. The molecule has 2 nitrogen and oxygen atoms in total. The molecule has 68 valence electrons. The zero-order chi connectivity index (χ0) is 8.65. The standard InChI is InChI=1S/C9H16N2S/c10-4-2-1-3-5-11-6-8-12-9-7-11/h2,4-10H2. The van der Waals surface area contributed by atoms with Gasteiger partial charge < -0.3 is 5.73 Å². The molecule has 0 atom stereocenters. The summed E-state index contributed by atoms with van der Waals surface area (Å²) in [5, 5.41) is 0. The normalized spacial score (nSPS) is 18.4. The SMILES string of the molecule is NCCC#CCN1CCSCC1. The van der Waals surface area contributed by atoms with Crippen LogP contribution >= 0.6 is 11.8 Å². The Bertz CT molecular complexity index is 165. The molecule has 1 aliphatic rings. The van der Waals surface area contributed by atoms with Gasteiger partial charge in [0.25, 0.3) is 0 Å². The first-order valence-electron chi connectivity index (χ1n) is 4.39. The van der Waals surface area contributed by atoms with E-state index in [4.69, 9.17) is 5.73 Å². The molecule has 0 aromatic carbocycles. The number of hydrogen-bond acceptors (Lipinski definition) is 3. The molecule has 0 unspecified atom stereocenters. The average molecular weight is 184 g/mol. The van der Waals surface area contributed by atoms with E-state index in [2.05, 4.69) is 16.7 Å². The Kier molecular flexibility index (Phi) is 5.25. The van der Waals surface area contributed by atoms with Crippen LogP contribution in [0.3, 0.4) is 0 Å². The smallest absolute Gasteiger partial charge is 0.0602 e. The summed E-state index contributed by atoms with van der Waals surface area (Å²) < 4.78 is 0. The molecule has 0 radical (unpaired) electrons. The van der Waals surface area contributed by atoms with Crippen LogP contribution in [-0.2, 0) is 0 Å². The van der Waals surface area contributed by atoms with E-state index in [9.17, 15) is 0 Å². The molecule has 1 heterocycles. The largest absolute Gasteiger partial charge is 0.330 e. The number of nitrogens with two attached hydrogens (primary N) is 1. The third kappa shape index (κ3) is 4.01. The fourth-order valence-electron chi connectivity index (χ4n) is 1.09. The lowest BCUT2D eigenvalue weighted by Gasteiger charge is -2.23. The molecule has 2 N–H and O–H groups in total. The maximum absolute atomic E-state index is 5.33. The lowest BCUT2D eigenvalue weighted by molar-refractivity contribution is 0.341. The number of nitrogens with zero attached hydrogens (tertiary/aromatic N) is 1. The van der Waals surface area contributed by atoms with Crippen LogP contribution in [0.15, 0.2) is 0 Å². The van der Waals surface area contributed by atoms with Crippen LogP contribution in [0.5, 0.6) is 0 Å². The minimum atomic E-state index is 0.683. The zero-order valence-corrected chi connectivity index (χ0v) is 8.20. The van der Waals surface area contributed by atoms with Gasteiger partial charge in [-0.3, -0.25) is 4.90 Å². The lowest BCUT2D eigenvalue weighted by Crippen LogP contribution is -2.32. The number of rotatable bonds is 2. The first-order chi connectivity index (χ1) is 5.93. The first kappa shape index (κ1) is 9.91. The van der Waals surface area contributed by atoms with Gasteiger partial charge in [0.2, 0.25) is 0 Å². The third-order valence-electron chi connectivity index (χ3n) is 1.80. The number of thioether (sulfide) groups is 1. The Balaban J connectivity index is 2.09. The molecule has 1 saturated heterocycles. The van der Waals surface area contributed by atoms with Crippen molar-refractivity contribution in [3.05, 3.63) is 0 Å². The summed E-state index contributed by atoms with van der Waals surface area (Å²) >= 11 is 2.03. The van der Waals surface area contributed by atoms with Crippen molar-refractivity contribution in [2.24, 2.45) is 5.73 Å². The second-order valence-corrected chi connectivity index (χ2v) is 4.01. The van der Waals surface area contributed by atoms with Crippen molar-refractivity contribution in [1.29, 1.82) is 0 Å². The summed E-state index contributed by atoms with van der Waals surface area (Å²) in [5.41, 5.74) is 5.33. The van der Waals surface area contributed by atoms with Crippen molar-refractivity contribution in [2.75, 3.05) is 37.7 Å². The summed E-state index contributed by atoms with van der Waals surface area (Å²) in [5.74, 6) is 8.73. The van der Waals surface area contributed by atoms with Gasteiger partial charge >= 0.3 is 0 Å². The van der Waals surface area contributed by atoms with E-state index in [1.807, 2.05) is 11.8 Å². The molecule has 0 aliphatic carbocycles. The van der Waals surface area contributed by atoms with Crippen molar-refractivity contribution in [3.63, 3.8) is 0 Å². The molecule has 12 heavy (non-hydrogen) atoms. The highest BCUT2D eigenvalue weighted by Crippen LogP contribution is 2.07.